The zero-order valence-electron chi connectivity index (χ0n) is 13.5. The molecule has 1 aliphatic rings. The van der Waals surface area contributed by atoms with Crippen molar-refractivity contribution in [1.82, 2.24) is 20.3 Å². The van der Waals surface area contributed by atoms with Gasteiger partial charge in [-0.1, -0.05) is 6.07 Å². The number of aromatic nitrogens is 3. The minimum Gasteiger partial charge on any atom is -0.378 e. The Kier molecular flexibility index (Phi) is 5.68. The number of anilines is 1. The molecule has 7 heteroatoms. The van der Waals surface area contributed by atoms with Crippen LogP contribution in [0.5, 0.6) is 0 Å². The van der Waals surface area contributed by atoms with Gasteiger partial charge >= 0.3 is 0 Å². The predicted octanol–water partition coefficient (Wildman–Crippen LogP) is 1.07. The number of amides is 1. The van der Waals surface area contributed by atoms with Crippen LogP contribution in [0, 0.1) is 0 Å². The van der Waals surface area contributed by atoms with Gasteiger partial charge in [0.2, 0.25) is 5.95 Å². The molecule has 24 heavy (non-hydrogen) atoms. The fourth-order valence-corrected chi connectivity index (χ4v) is 2.48. The summed E-state index contributed by atoms with van der Waals surface area (Å²) in [6.45, 7) is 3.52. The largest absolute Gasteiger partial charge is 0.378 e. The van der Waals surface area contributed by atoms with Gasteiger partial charge in [0.25, 0.3) is 5.91 Å². The number of hydrogen-bond donors (Lipinski definition) is 1. The van der Waals surface area contributed by atoms with E-state index in [9.17, 15) is 4.79 Å². The zero-order chi connectivity index (χ0) is 16.6. The third-order valence-corrected chi connectivity index (χ3v) is 3.82. The standard InChI is InChI=1S/C17H21N5O2/c23-16(19-7-3-5-15-4-1-2-6-18-15)14-12-20-17(21-13-14)22-8-10-24-11-9-22/h1-2,4,6,12-13H,3,5,7-11H2,(H,19,23). The van der Waals surface area contributed by atoms with E-state index < -0.39 is 0 Å². The van der Waals surface area contributed by atoms with Crippen LogP contribution >= 0.6 is 0 Å². The lowest BCUT2D eigenvalue weighted by atomic mass is 10.2. The number of carbonyl (C=O) groups excluding carboxylic acids is 1. The Morgan fingerprint density at radius 2 is 1.96 bits per heavy atom. The van der Waals surface area contributed by atoms with Gasteiger partial charge in [0.1, 0.15) is 0 Å². The van der Waals surface area contributed by atoms with Crippen LogP contribution in [-0.2, 0) is 11.2 Å². The van der Waals surface area contributed by atoms with Gasteiger partial charge < -0.3 is 15.0 Å². The Bertz CT molecular complexity index is 642. The van der Waals surface area contributed by atoms with Crippen LogP contribution in [0.1, 0.15) is 22.5 Å². The highest BCUT2D eigenvalue weighted by atomic mass is 16.5. The molecule has 0 radical (unpaired) electrons. The quantitative estimate of drug-likeness (QED) is 0.800. The van der Waals surface area contributed by atoms with Crippen LogP contribution in [0.15, 0.2) is 36.8 Å². The Morgan fingerprint density at radius 1 is 1.17 bits per heavy atom. The van der Waals surface area contributed by atoms with Crippen LogP contribution in [0.4, 0.5) is 5.95 Å². The molecule has 2 aromatic rings. The minimum atomic E-state index is -0.149. The van der Waals surface area contributed by atoms with Crippen LogP contribution < -0.4 is 10.2 Å². The molecule has 3 rings (SSSR count). The van der Waals surface area contributed by atoms with E-state index in [2.05, 4.69) is 25.2 Å². The number of carbonyl (C=O) groups is 1. The van der Waals surface area contributed by atoms with Crippen molar-refractivity contribution >= 4 is 11.9 Å². The molecule has 3 heterocycles. The molecule has 126 valence electrons. The average molecular weight is 327 g/mol. The molecule has 0 unspecified atom stereocenters. The van der Waals surface area contributed by atoms with E-state index in [0.717, 1.165) is 31.6 Å². The Labute approximate surface area is 141 Å². The van der Waals surface area contributed by atoms with Crippen molar-refractivity contribution in [2.75, 3.05) is 37.7 Å². The molecule has 1 aliphatic heterocycles. The van der Waals surface area contributed by atoms with Gasteiger partial charge in [-0.25, -0.2) is 9.97 Å². The highest BCUT2D eigenvalue weighted by molar-refractivity contribution is 5.93. The molecule has 7 nitrogen and oxygen atoms in total. The molecular formula is C17H21N5O2. The van der Waals surface area contributed by atoms with E-state index in [-0.39, 0.29) is 5.91 Å². The molecule has 1 saturated heterocycles. The molecule has 1 amide bonds. The minimum absolute atomic E-state index is 0.149. The van der Waals surface area contributed by atoms with E-state index >= 15 is 0 Å². The number of aryl methyl sites for hydroxylation is 1. The first-order valence-electron chi connectivity index (χ1n) is 8.16. The second-order valence-electron chi connectivity index (χ2n) is 5.55. The van der Waals surface area contributed by atoms with E-state index in [1.807, 2.05) is 18.2 Å². The number of pyridine rings is 1. The third kappa shape index (κ3) is 4.48. The molecule has 0 atom stereocenters. The van der Waals surface area contributed by atoms with Gasteiger partial charge in [-0.05, 0) is 25.0 Å². The van der Waals surface area contributed by atoms with Crippen molar-refractivity contribution in [2.24, 2.45) is 0 Å². The SMILES string of the molecule is O=C(NCCCc1ccccn1)c1cnc(N2CCOCC2)nc1. The van der Waals surface area contributed by atoms with Crippen molar-refractivity contribution in [3.8, 4) is 0 Å². The summed E-state index contributed by atoms with van der Waals surface area (Å²) in [5, 5.41) is 2.89. The van der Waals surface area contributed by atoms with Crippen molar-refractivity contribution in [3.05, 3.63) is 48.0 Å². The fourth-order valence-electron chi connectivity index (χ4n) is 2.48. The smallest absolute Gasteiger partial charge is 0.254 e. The number of nitrogens with one attached hydrogen (secondary N) is 1. The number of nitrogens with zero attached hydrogens (tertiary/aromatic N) is 4. The number of rotatable bonds is 6. The highest BCUT2D eigenvalue weighted by Crippen LogP contribution is 2.09. The molecule has 0 spiro atoms. The lowest BCUT2D eigenvalue weighted by Crippen LogP contribution is -2.37. The summed E-state index contributed by atoms with van der Waals surface area (Å²) in [5.41, 5.74) is 1.51. The van der Waals surface area contributed by atoms with Gasteiger partial charge in [-0.3, -0.25) is 9.78 Å². The monoisotopic (exact) mass is 327 g/mol. The Balaban J connectivity index is 1.44. The fraction of sp³-hybridized carbons (Fsp3) is 0.412. The Hall–Kier alpha value is -2.54. The summed E-state index contributed by atoms with van der Waals surface area (Å²) in [6, 6.07) is 5.85. The number of morpholine rings is 1. The van der Waals surface area contributed by atoms with Crippen LogP contribution in [0.25, 0.3) is 0 Å². The van der Waals surface area contributed by atoms with E-state index in [4.69, 9.17) is 4.74 Å². The van der Waals surface area contributed by atoms with Crippen LogP contribution in [0.3, 0.4) is 0 Å². The first-order chi connectivity index (χ1) is 11.8. The second kappa shape index (κ2) is 8.35. The molecule has 0 aromatic carbocycles. The summed E-state index contributed by atoms with van der Waals surface area (Å²) in [5.74, 6) is 0.495. The van der Waals surface area contributed by atoms with Crippen molar-refractivity contribution in [3.63, 3.8) is 0 Å². The normalized spacial score (nSPS) is 14.4. The molecule has 0 aliphatic carbocycles. The second-order valence-corrected chi connectivity index (χ2v) is 5.55. The van der Waals surface area contributed by atoms with Crippen LogP contribution in [-0.4, -0.2) is 53.7 Å². The van der Waals surface area contributed by atoms with E-state index in [0.29, 0.717) is 31.3 Å². The molecule has 1 N–H and O–H groups in total. The number of hydrogen-bond acceptors (Lipinski definition) is 6. The maximum atomic E-state index is 12.1. The highest BCUT2D eigenvalue weighted by Gasteiger charge is 2.14. The number of ether oxygens (including phenoxy) is 1. The first-order valence-corrected chi connectivity index (χ1v) is 8.16. The topological polar surface area (TPSA) is 80.2 Å². The van der Waals surface area contributed by atoms with Gasteiger partial charge in [0.15, 0.2) is 0 Å². The summed E-state index contributed by atoms with van der Waals surface area (Å²) < 4.78 is 5.30. The first kappa shape index (κ1) is 16.3. The van der Waals surface area contributed by atoms with Crippen molar-refractivity contribution in [1.29, 1.82) is 0 Å². The summed E-state index contributed by atoms with van der Waals surface area (Å²) in [7, 11) is 0. The maximum absolute atomic E-state index is 12.1. The molecule has 0 saturated carbocycles. The van der Waals surface area contributed by atoms with Gasteiger partial charge in [0, 0.05) is 43.9 Å². The third-order valence-electron chi connectivity index (χ3n) is 3.82. The van der Waals surface area contributed by atoms with Gasteiger partial charge in [-0.15, -0.1) is 0 Å². The van der Waals surface area contributed by atoms with Crippen LogP contribution in [0.2, 0.25) is 0 Å². The molecule has 0 bridgehead atoms. The Morgan fingerprint density at radius 3 is 2.67 bits per heavy atom. The molecule has 2 aromatic heterocycles. The van der Waals surface area contributed by atoms with Crippen molar-refractivity contribution in [2.45, 2.75) is 12.8 Å². The maximum Gasteiger partial charge on any atom is 0.254 e. The van der Waals surface area contributed by atoms with Gasteiger partial charge in [0.05, 0.1) is 18.8 Å². The lowest BCUT2D eigenvalue weighted by Gasteiger charge is -2.26. The molecular weight excluding hydrogens is 306 g/mol. The summed E-state index contributed by atoms with van der Waals surface area (Å²) in [4.78, 5) is 27.0. The summed E-state index contributed by atoms with van der Waals surface area (Å²) in [6.07, 6.45) is 6.61. The molecule has 1 fully saturated rings. The summed E-state index contributed by atoms with van der Waals surface area (Å²) >= 11 is 0. The zero-order valence-corrected chi connectivity index (χ0v) is 13.5. The van der Waals surface area contributed by atoms with E-state index in [1.54, 1.807) is 18.6 Å². The lowest BCUT2D eigenvalue weighted by molar-refractivity contribution is 0.0952. The van der Waals surface area contributed by atoms with Gasteiger partial charge in [-0.2, -0.15) is 0 Å². The predicted molar refractivity (Wildman–Crippen MR) is 90.0 cm³/mol. The average Bonchev–Trinajstić information content (AvgIpc) is 2.67. The van der Waals surface area contributed by atoms with E-state index in [1.165, 1.54) is 0 Å². The van der Waals surface area contributed by atoms with Crippen molar-refractivity contribution < 1.29 is 9.53 Å².